The highest BCUT2D eigenvalue weighted by molar-refractivity contribution is 6.01. The molecule has 0 saturated carbocycles. The Kier molecular flexibility index (Phi) is 5.97. The Morgan fingerprint density at radius 2 is 0.886 bits per heavy atom. The molecule has 0 radical (unpaired) electrons. The van der Waals surface area contributed by atoms with Crippen LogP contribution >= 0.6 is 0 Å². The van der Waals surface area contributed by atoms with E-state index in [1.54, 1.807) is 0 Å². The topological polar surface area (TPSA) is 114 Å². The summed E-state index contributed by atoms with van der Waals surface area (Å²) in [6, 6.07) is 7.13. The Morgan fingerprint density at radius 3 is 1.20 bits per heavy atom. The molecule has 16 heteroatoms. The van der Waals surface area contributed by atoms with E-state index in [1.165, 1.54) is 38.4 Å². The fourth-order valence-corrected chi connectivity index (χ4v) is 5.48. The fourth-order valence-electron chi connectivity index (χ4n) is 5.48. The van der Waals surface area contributed by atoms with Gasteiger partial charge < -0.3 is 0 Å². The minimum Gasteiger partial charge on any atom is -0.280 e. The predicted octanol–water partition coefficient (Wildman–Crippen LogP) is 3.59. The summed E-state index contributed by atoms with van der Waals surface area (Å²) in [7, 11) is 4.41. The summed E-state index contributed by atoms with van der Waals surface area (Å²) in [5, 5.41) is -2.73. The molecule has 0 aliphatic heterocycles. The maximum Gasteiger partial charge on any atom is 0.417 e. The lowest BCUT2D eigenvalue weighted by Gasteiger charge is -2.17. The van der Waals surface area contributed by atoms with Gasteiger partial charge in [-0.3, -0.25) is 27.9 Å². The molecule has 4 heterocycles. The predicted molar refractivity (Wildman–Crippen MR) is 148 cm³/mol. The lowest BCUT2D eigenvalue weighted by Crippen LogP contribution is -2.38. The second-order valence-corrected chi connectivity index (χ2v) is 10.2. The summed E-state index contributed by atoms with van der Waals surface area (Å²) in [6.07, 6.45) is -10.2. The van der Waals surface area contributed by atoms with Crippen molar-refractivity contribution in [3.05, 3.63) is 89.2 Å². The first-order valence-electron chi connectivity index (χ1n) is 12.6. The van der Waals surface area contributed by atoms with Crippen molar-refractivity contribution in [2.24, 2.45) is 28.2 Å². The highest BCUT2D eigenvalue weighted by Crippen LogP contribution is 2.41. The monoisotopic (exact) mass is 616 g/mol. The molecule has 6 aromatic rings. The van der Waals surface area contributed by atoms with Crippen molar-refractivity contribution in [2.45, 2.75) is 12.4 Å². The van der Waals surface area contributed by atoms with E-state index in [9.17, 15) is 45.5 Å². The van der Waals surface area contributed by atoms with Crippen LogP contribution in [0.4, 0.5) is 26.3 Å². The largest absolute Gasteiger partial charge is 0.417 e. The quantitative estimate of drug-likeness (QED) is 0.206. The zero-order chi connectivity index (χ0) is 32.2. The number of hydrogen-bond donors (Lipinski definition) is 0. The van der Waals surface area contributed by atoms with Crippen LogP contribution in [0.15, 0.2) is 55.6 Å². The van der Waals surface area contributed by atoms with Crippen molar-refractivity contribution in [3.8, 4) is 11.1 Å². The lowest BCUT2D eigenvalue weighted by atomic mass is 9.96. The van der Waals surface area contributed by atoms with E-state index in [2.05, 4.69) is 9.97 Å². The van der Waals surface area contributed by atoms with Crippen molar-refractivity contribution in [1.29, 1.82) is 0 Å². The molecule has 0 spiro atoms. The number of hydrogen-bond acceptors (Lipinski definition) is 6. The Morgan fingerprint density at radius 1 is 0.545 bits per heavy atom. The maximum atomic E-state index is 14.5. The summed E-state index contributed by atoms with van der Waals surface area (Å²) >= 11 is 0. The van der Waals surface area contributed by atoms with Gasteiger partial charge in [-0.25, -0.2) is 19.6 Å². The molecule has 0 atom stereocenters. The molecule has 2 aromatic carbocycles. The van der Waals surface area contributed by atoms with Gasteiger partial charge in [0.1, 0.15) is 0 Å². The molecular formula is C28H18F6N6O4. The molecule has 0 amide bonds. The summed E-state index contributed by atoms with van der Waals surface area (Å²) in [6.45, 7) is 0. The van der Waals surface area contributed by atoms with Gasteiger partial charge >= 0.3 is 23.7 Å². The summed E-state index contributed by atoms with van der Waals surface area (Å²) in [5.41, 5.74) is -8.25. The minimum absolute atomic E-state index is 0.0364. The molecule has 4 aromatic heterocycles. The Hall–Kier alpha value is -5.28. The van der Waals surface area contributed by atoms with Gasteiger partial charge in [0.15, 0.2) is 11.3 Å². The molecule has 10 nitrogen and oxygen atoms in total. The van der Waals surface area contributed by atoms with E-state index in [0.717, 1.165) is 35.4 Å². The van der Waals surface area contributed by atoms with Crippen LogP contribution in [0.2, 0.25) is 0 Å². The highest BCUT2D eigenvalue weighted by atomic mass is 19.4. The lowest BCUT2D eigenvalue weighted by molar-refractivity contribution is -0.136. The van der Waals surface area contributed by atoms with Gasteiger partial charge in [0, 0.05) is 39.0 Å². The maximum absolute atomic E-state index is 14.5. The number of benzene rings is 2. The molecule has 0 aliphatic carbocycles. The van der Waals surface area contributed by atoms with E-state index in [4.69, 9.17) is 0 Å². The molecule has 0 unspecified atom stereocenters. The number of aryl methyl sites for hydroxylation is 2. The van der Waals surface area contributed by atoms with Gasteiger partial charge in [0.25, 0.3) is 11.1 Å². The van der Waals surface area contributed by atoms with Crippen molar-refractivity contribution in [3.63, 3.8) is 0 Å². The SMILES string of the molecule is Cn1c(=O)c2c(C(F)(F)F)c3cc(-c4ccc5nc6c(c(C(F)(F)F)c5c4)c(=O)n(C)c(=O)n6C)ccc3nc2n(C)c1=O. The number of halogens is 6. The number of nitrogens with zero attached hydrogens (tertiary/aromatic N) is 6. The van der Waals surface area contributed by atoms with Crippen LogP contribution in [0.5, 0.6) is 0 Å². The van der Waals surface area contributed by atoms with Crippen LogP contribution in [0.25, 0.3) is 55.0 Å². The van der Waals surface area contributed by atoms with E-state index < -0.39 is 78.8 Å². The first-order chi connectivity index (χ1) is 20.4. The average Bonchev–Trinajstić information content (AvgIpc) is 2.96. The summed E-state index contributed by atoms with van der Waals surface area (Å²) < 4.78 is 90.0. The van der Waals surface area contributed by atoms with Crippen LogP contribution in [-0.4, -0.2) is 28.2 Å². The number of pyridine rings is 2. The Labute approximate surface area is 239 Å². The summed E-state index contributed by atoms with van der Waals surface area (Å²) in [5.74, 6) is 0. The van der Waals surface area contributed by atoms with Gasteiger partial charge in [0.05, 0.1) is 32.9 Å². The van der Waals surface area contributed by atoms with Crippen molar-refractivity contribution in [2.75, 3.05) is 0 Å². The molecule has 0 N–H and O–H groups in total. The van der Waals surface area contributed by atoms with Gasteiger partial charge in [-0.15, -0.1) is 0 Å². The fraction of sp³-hybridized carbons (Fsp3) is 0.214. The Balaban J connectivity index is 1.73. The third-order valence-corrected chi connectivity index (χ3v) is 7.65. The first kappa shape index (κ1) is 28.8. The number of aromatic nitrogens is 6. The average molecular weight is 616 g/mol. The number of rotatable bonds is 1. The number of fused-ring (bicyclic) bond motifs is 4. The Bertz CT molecular complexity index is 2330. The molecule has 0 aliphatic rings. The smallest absolute Gasteiger partial charge is 0.280 e. The van der Waals surface area contributed by atoms with E-state index in [0.29, 0.717) is 9.13 Å². The zero-order valence-corrected chi connectivity index (χ0v) is 23.0. The van der Waals surface area contributed by atoms with Gasteiger partial charge in [-0.05, 0) is 35.4 Å². The zero-order valence-electron chi connectivity index (χ0n) is 23.0. The molecule has 6 rings (SSSR count). The number of alkyl halides is 6. The highest BCUT2D eigenvalue weighted by Gasteiger charge is 2.39. The third-order valence-electron chi connectivity index (χ3n) is 7.65. The van der Waals surface area contributed by atoms with Crippen LogP contribution < -0.4 is 22.5 Å². The summed E-state index contributed by atoms with van der Waals surface area (Å²) in [4.78, 5) is 58.8. The standard InChI is InChI=1S/C28H18F6N6O4/c1-37-21-17(23(41)39(3)25(37)43)19(27(29,30)31)13-9-11(5-7-15(13)35-21)12-6-8-16-14(10-12)20(28(32,33)34)18-22(36-16)38(2)26(44)40(4)24(18)42/h5-10H,1-4H3. The third kappa shape index (κ3) is 3.96. The second kappa shape index (κ2) is 9.11. The van der Waals surface area contributed by atoms with Crippen LogP contribution in [0.1, 0.15) is 11.1 Å². The van der Waals surface area contributed by atoms with Crippen LogP contribution in [0.3, 0.4) is 0 Å². The van der Waals surface area contributed by atoms with Gasteiger partial charge in [-0.1, -0.05) is 12.1 Å². The molecule has 0 saturated heterocycles. The minimum atomic E-state index is -5.09. The van der Waals surface area contributed by atoms with E-state index in [-0.39, 0.29) is 22.2 Å². The van der Waals surface area contributed by atoms with Crippen molar-refractivity contribution in [1.82, 2.24) is 28.2 Å². The normalized spacial score (nSPS) is 12.7. The molecule has 0 fully saturated rings. The molecule has 44 heavy (non-hydrogen) atoms. The van der Waals surface area contributed by atoms with Gasteiger partial charge in [-0.2, -0.15) is 26.3 Å². The van der Waals surface area contributed by atoms with Crippen LogP contribution in [-0.2, 0) is 40.5 Å². The van der Waals surface area contributed by atoms with Crippen molar-refractivity contribution >= 4 is 43.9 Å². The van der Waals surface area contributed by atoms with Gasteiger partial charge in [0.2, 0.25) is 0 Å². The first-order valence-corrected chi connectivity index (χ1v) is 12.6. The van der Waals surface area contributed by atoms with Crippen molar-refractivity contribution < 1.29 is 26.3 Å². The van der Waals surface area contributed by atoms with Crippen LogP contribution in [0, 0.1) is 0 Å². The van der Waals surface area contributed by atoms with E-state index >= 15 is 0 Å². The second-order valence-electron chi connectivity index (χ2n) is 10.2. The molecular weight excluding hydrogens is 598 g/mol. The molecule has 226 valence electrons. The molecule has 0 bridgehead atoms. The van der Waals surface area contributed by atoms with E-state index in [1.807, 2.05) is 0 Å².